The fraction of sp³-hybridized carbons (Fsp3) is 0.182. The molecule has 0 bridgehead atoms. The Bertz CT molecular complexity index is 953. The van der Waals surface area contributed by atoms with Crippen LogP contribution in [0.15, 0.2) is 66.0 Å². The van der Waals surface area contributed by atoms with Gasteiger partial charge in [0.15, 0.2) is 0 Å². The molecule has 142 valence electrons. The molecule has 3 aromatic rings. The Hall–Kier alpha value is -3.12. The van der Waals surface area contributed by atoms with Crippen LogP contribution in [0, 0.1) is 0 Å². The van der Waals surface area contributed by atoms with Crippen LogP contribution in [-0.4, -0.2) is 16.8 Å². The smallest absolute Gasteiger partial charge is 0.312 e. The summed E-state index contributed by atoms with van der Waals surface area (Å²) in [6.45, 7) is 1.08. The minimum atomic E-state index is -0.627. The van der Waals surface area contributed by atoms with Crippen LogP contribution in [0.5, 0.6) is 0 Å². The van der Waals surface area contributed by atoms with E-state index in [1.807, 2.05) is 46.7 Å². The molecule has 0 saturated heterocycles. The zero-order valence-corrected chi connectivity index (χ0v) is 16.1. The van der Waals surface area contributed by atoms with Crippen LogP contribution in [0.4, 0.5) is 4.79 Å². The molecule has 0 aliphatic carbocycles. The fourth-order valence-electron chi connectivity index (χ4n) is 3.67. The molecule has 5 nitrogen and oxygen atoms in total. The van der Waals surface area contributed by atoms with Gasteiger partial charge in [-0.15, -0.1) is 11.3 Å². The first-order valence-corrected chi connectivity index (χ1v) is 10.0. The first-order chi connectivity index (χ1) is 13.6. The zero-order valence-electron chi connectivity index (χ0n) is 15.3. The molecule has 0 radical (unpaired) electrons. The van der Waals surface area contributed by atoms with Crippen LogP contribution in [0.2, 0.25) is 0 Å². The lowest BCUT2D eigenvalue weighted by atomic mass is 9.97. The molecule has 1 aliphatic heterocycles. The number of fused-ring (bicyclic) bond motifs is 3. The van der Waals surface area contributed by atoms with E-state index in [9.17, 15) is 9.59 Å². The second-order valence-corrected chi connectivity index (χ2v) is 7.82. The average molecular weight is 391 g/mol. The number of carbonyl (C=O) groups excluding carboxylic acids is 2. The summed E-state index contributed by atoms with van der Waals surface area (Å²) in [5, 5.41) is 4.63. The molecule has 1 atom stereocenters. The third kappa shape index (κ3) is 3.77. The van der Waals surface area contributed by atoms with Gasteiger partial charge in [-0.1, -0.05) is 54.6 Å². The molecular weight excluding hydrogens is 370 g/mol. The third-order valence-electron chi connectivity index (χ3n) is 4.98. The molecule has 2 aromatic carbocycles. The number of rotatable bonds is 4. The molecule has 1 unspecified atom stereocenters. The first kappa shape index (κ1) is 18.3. The number of nitrogens with one attached hydrogen (secondary N) is 1. The van der Waals surface area contributed by atoms with E-state index < -0.39 is 12.1 Å². The highest BCUT2D eigenvalue weighted by Crippen LogP contribution is 2.33. The summed E-state index contributed by atoms with van der Waals surface area (Å²) in [4.78, 5) is 27.4. The highest BCUT2D eigenvalue weighted by Gasteiger charge is 2.26. The molecule has 1 aliphatic rings. The molecular formula is C22H21N3O2S. The number of primary amides is 1. The van der Waals surface area contributed by atoms with Crippen molar-refractivity contribution in [1.82, 2.24) is 10.2 Å². The lowest BCUT2D eigenvalue weighted by Gasteiger charge is -2.24. The Morgan fingerprint density at radius 1 is 0.964 bits per heavy atom. The SMILES string of the molecule is NC(=O)NC(CC(=O)N1Cc2ccccc2-c2ccccc2C1)c1cccs1. The summed E-state index contributed by atoms with van der Waals surface area (Å²) in [6.07, 6.45) is 0.174. The van der Waals surface area contributed by atoms with Gasteiger partial charge in [-0.05, 0) is 33.7 Å². The molecule has 3 amide bonds. The zero-order chi connectivity index (χ0) is 19.5. The number of thiophene rings is 1. The van der Waals surface area contributed by atoms with Crippen LogP contribution >= 0.6 is 11.3 Å². The number of amides is 3. The van der Waals surface area contributed by atoms with Gasteiger partial charge in [0.05, 0.1) is 12.5 Å². The van der Waals surface area contributed by atoms with Crippen LogP contribution < -0.4 is 11.1 Å². The van der Waals surface area contributed by atoms with Gasteiger partial charge in [0.2, 0.25) is 5.91 Å². The lowest BCUT2D eigenvalue weighted by Crippen LogP contribution is -2.37. The summed E-state index contributed by atoms with van der Waals surface area (Å²) in [5.74, 6) is -0.0151. The van der Waals surface area contributed by atoms with Gasteiger partial charge in [-0.2, -0.15) is 0 Å². The summed E-state index contributed by atoms with van der Waals surface area (Å²) in [6, 6.07) is 19.1. The predicted molar refractivity (Wildman–Crippen MR) is 111 cm³/mol. The second-order valence-electron chi connectivity index (χ2n) is 6.84. The van der Waals surface area contributed by atoms with E-state index in [-0.39, 0.29) is 12.3 Å². The topological polar surface area (TPSA) is 75.4 Å². The number of urea groups is 1. The third-order valence-corrected chi connectivity index (χ3v) is 5.97. The van der Waals surface area contributed by atoms with Crippen molar-refractivity contribution in [3.63, 3.8) is 0 Å². The van der Waals surface area contributed by atoms with E-state index in [1.165, 1.54) is 22.5 Å². The standard InChI is InChI=1S/C22H21N3O2S/c23-22(27)24-19(20-10-5-11-28-20)12-21(26)25-13-15-6-1-3-8-17(15)18-9-4-2-7-16(18)14-25/h1-11,19H,12-14H2,(H3,23,24,27). The number of nitrogens with zero attached hydrogens (tertiary/aromatic N) is 1. The van der Waals surface area contributed by atoms with Gasteiger partial charge in [0.25, 0.3) is 0 Å². The highest BCUT2D eigenvalue weighted by molar-refractivity contribution is 7.10. The van der Waals surface area contributed by atoms with Crippen molar-refractivity contribution in [3.8, 4) is 11.1 Å². The van der Waals surface area contributed by atoms with E-state index >= 15 is 0 Å². The fourth-order valence-corrected chi connectivity index (χ4v) is 4.45. The molecule has 3 N–H and O–H groups in total. The molecule has 28 heavy (non-hydrogen) atoms. The van der Waals surface area contributed by atoms with E-state index in [4.69, 9.17) is 5.73 Å². The molecule has 0 saturated carbocycles. The summed E-state index contributed by atoms with van der Waals surface area (Å²) < 4.78 is 0. The Labute approximate surface area is 167 Å². The van der Waals surface area contributed by atoms with E-state index in [0.717, 1.165) is 16.0 Å². The number of benzene rings is 2. The van der Waals surface area contributed by atoms with Crippen molar-refractivity contribution in [2.75, 3.05) is 0 Å². The summed E-state index contributed by atoms with van der Waals surface area (Å²) in [7, 11) is 0. The number of carbonyl (C=O) groups is 2. The first-order valence-electron chi connectivity index (χ1n) is 9.15. The molecule has 6 heteroatoms. The van der Waals surface area contributed by atoms with Crippen LogP contribution in [0.1, 0.15) is 28.5 Å². The minimum absolute atomic E-state index is 0.0151. The lowest BCUT2D eigenvalue weighted by molar-refractivity contribution is -0.132. The van der Waals surface area contributed by atoms with E-state index in [2.05, 4.69) is 29.6 Å². The van der Waals surface area contributed by atoms with Crippen LogP contribution in [-0.2, 0) is 17.9 Å². The van der Waals surface area contributed by atoms with Crippen molar-refractivity contribution < 1.29 is 9.59 Å². The van der Waals surface area contributed by atoms with Crippen molar-refractivity contribution in [1.29, 1.82) is 0 Å². The van der Waals surface area contributed by atoms with E-state index in [1.54, 1.807) is 0 Å². The maximum Gasteiger partial charge on any atom is 0.312 e. The summed E-state index contributed by atoms with van der Waals surface area (Å²) >= 11 is 1.50. The van der Waals surface area contributed by atoms with Crippen LogP contribution in [0.3, 0.4) is 0 Å². The molecule has 2 heterocycles. The molecule has 0 fully saturated rings. The Morgan fingerprint density at radius 2 is 1.57 bits per heavy atom. The average Bonchev–Trinajstić information content (AvgIpc) is 3.16. The predicted octanol–water partition coefficient (Wildman–Crippen LogP) is 4.06. The van der Waals surface area contributed by atoms with Gasteiger partial charge in [-0.25, -0.2) is 4.79 Å². The van der Waals surface area contributed by atoms with Crippen molar-refractivity contribution >= 4 is 23.3 Å². The number of hydrogen-bond acceptors (Lipinski definition) is 3. The maximum atomic E-state index is 13.2. The van der Waals surface area contributed by atoms with Gasteiger partial charge < -0.3 is 16.0 Å². The monoisotopic (exact) mass is 391 g/mol. The second kappa shape index (κ2) is 7.86. The summed E-state index contributed by atoms with van der Waals surface area (Å²) in [5.41, 5.74) is 9.91. The largest absolute Gasteiger partial charge is 0.352 e. The Kier molecular flexibility index (Phi) is 5.12. The van der Waals surface area contributed by atoms with E-state index in [0.29, 0.717) is 13.1 Å². The normalized spacial score (nSPS) is 13.8. The molecule has 4 rings (SSSR count). The van der Waals surface area contributed by atoms with Crippen molar-refractivity contribution in [2.24, 2.45) is 5.73 Å². The molecule has 0 spiro atoms. The number of hydrogen-bond donors (Lipinski definition) is 2. The Morgan fingerprint density at radius 3 is 2.11 bits per heavy atom. The van der Waals surface area contributed by atoms with Crippen molar-refractivity contribution in [3.05, 3.63) is 82.0 Å². The maximum absolute atomic E-state index is 13.2. The van der Waals surface area contributed by atoms with Crippen LogP contribution in [0.25, 0.3) is 11.1 Å². The number of nitrogens with two attached hydrogens (primary N) is 1. The van der Waals surface area contributed by atoms with Gasteiger partial charge in [0, 0.05) is 18.0 Å². The van der Waals surface area contributed by atoms with Gasteiger partial charge in [0.1, 0.15) is 0 Å². The van der Waals surface area contributed by atoms with Crippen molar-refractivity contribution in [2.45, 2.75) is 25.6 Å². The quantitative estimate of drug-likeness (QED) is 0.704. The Balaban J connectivity index is 1.62. The van der Waals surface area contributed by atoms with Gasteiger partial charge in [-0.3, -0.25) is 4.79 Å². The molecule has 1 aromatic heterocycles. The highest BCUT2D eigenvalue weighted by atomic mass is 32.1. The van der Waals surface area contributed by atoms with Gasteiger partial charge >= 0.3 is 6.03 Å². The minimum Gasteiger partial charge on any atom is -0.352 e.